The summed E-state index contributed by atoms with van der Waals surface area (Å²) in [5.74, 6) is 1.61. The third-order valence-corrected chi connectivity index (χ3v) is 7.43. The summed E-state index contributed by atoms with van der Waals surface area (Å²) in [5.41, 5.74) is 6.12. The molecule has 8 heteroatoms. The second kappa shape index (κ2) is 12.3. The van der Waals surface area contributed by atoms with Crippen molar-refractivity contribution < 1.29 is 4.74 Å². The molecule has 1 atom stereocenters. The first kappa shape index (κ1) is 27.3. The van der Waals surface area contributed by atoms with Gasteiger partial charge in [-0.3, -0.25) is 9.69 Å². The number of hydrogen-bond acceptors (Lipinski definition) is 6. The lowest BCUT2D eigenvalue weighted by Gasteiger charge is -2.30. The van der Waals surface area contributed by atoms with Crippen LogP contribution >= 0.6 is 0 Å². The molecule has 0 amide bonds. The lowest BCUT2D eigenvalue weighted by atomic mass is 10.0. The third-order valence-electron chi connectivity index (χ3n) is 7.43. The highest BCUT2D eigenvalue weighted by Crippen LogP contribution is 2.28. The summed E-state index contributed by atoms with van der Waals surface area (Å²) in [6.07, 6.45) is 1.61. The van der Waals surface area contributed by atoms with Crippen molar-refractivity contribution >= 4 is 10.9 Å². The number of benzene rings is 3. The van der Waals surface area contributed by atoms with Crippen LogP contribution in [0.15, 0.2) is 77.6 Å². The molecule has 0 saturated carbocycles. The van der Waals surface area contributed by atoms with E-state index in [-0.39, 0.29) is 11.6 Å². The minimum absolute atomic E-state index is 0.0716. The Morgan fingerprint density at radius 2 is 1.75 bits per heavy atom. The first-order chi connectivity index (χ1) is 19.4. The number of nitrogens with one attached hydrogen (secondary N) is 1. The summed E-state index contributed by atoms with van der Waals surface area (Å²) in [4.78, 5) is 18.8. The molecule has 0 aliphatic carbocycles. The quantitative estimate of drug-likeness (QED) is 0.239. The van der Waals surface area contributed by atoms with E-state index in [1.165, 1.54) is 11.1 Å². The molecule has 8 nitrogen and oxygen atoms in total. The first-order valence-corrected chi connectivity index (χ1v) is 13.7. The molecular weight excluding hydrogens is 500 g/mol. The van der Waals surface area contributed by atoms with Crippen molar-refractivity contribution in [3.8, 4) is 5.75 Å². The predicted molar refractivity (Wildman–Crippen MR) is 157 cm³/mol. The minimum Gasteiger partial charge on any atom is -0.497 e. The summed E-state index contributed by atoms with van der Waals surface area (Å²) in [7, 11) is 1.67. The van der Waals surface area contributed by atoms with Gasteiger partial charge in [-0.1, -0.05) is 61.0 Å². The monoisotopic (exact) mass is 536 g/mol. The van der Waals surface area contributed by atoms with Crippen molar-refractivity contribution in [2.24, 2.45) is 0 Å². The number of pyridine rings is 1. The van der Waals surface area contributed by atoms with Gasteiger partial charge in [0, 0.05) is 25.2 Å². The molecule has 0 bridgehead atoms. The van der Waals surface area contributed by atoms with Gasteiger partial charge in [-0.25, -0.2) is 4.68 Å². The maximum Gasteiger partial charge on any atom is 0.252 e. The zero-order valence-electron chi connectivity index (χ0n) is 23.6. The Labute approximate surface area is 234 Å². The number of aryl methyl sites for hydroxylation is 4. The normalized spacial score (nSPS) is 12.2. The van der Waals surface area contributed by atoms with Crippen molar-refractivity contribution in [2.75, 3.05) is 7.11 Å². The van der Waals surface area contributed by atoms with Crippen LogP contribution in [-0.2, 0) is 26.1 Å². The van der Waals surface area contributed by atoms with Crippen molar-refractivity contribution in [3.05, 3.63) is 117 Å². The second-order valence-corrected chi connectivity index (χ2v) is 10.3. The molecule has 0 radical (unpaired) electrons. The highest BCUT2D eigenvalue weighted by molar-refractivity contribution is 5.82. The maximum atomic E-state index is 13.3. The Bertz CT molecular complexity index is 1630. The largest absolute Gasteiger partial charge is 0.497 e. The number of H-pyrrole nitrogens is 1. The van der Waals surface area contributed by atoms with Crippen molar-refractivity contribution in [2.45, 2.75) is 59.3 Å². The first-order valence-electron chi connectivity index (χ1n) is 13.7. The van der Waals surface area contributed by atoms with Crippen LogP contribution in [0.3, 0.4) is 0 Å². The van der Waals surface area contributed by atoms with E-state index in [9.17, 15) is 4.79 Å². The van der Waals surface area contributed by atoms with E-state index >= 15 is 0 Å². The van der Waals surface area contributed by atoms with E-state index in [0.717, 1.165) is 46.4 Å². The molecule has 0 aliphatic heterocycles. The standard InChI is InChI=1S/C32H36N6O2/c1-5-29(31-34-35-36-38(31)16-15-24-9-7-6-8-10-24)37(20-25-11-13-28(40-4)14-12-25)21-27-19-26-18-22(2)17-23(3)30(26)33-32(27)39/h6-14,17-19,29H,5,15-16,20-21H2,1-4H3,(H,33,39). The number of tetrazole rings is 1. The molecule has 0 spiro atoms. The van der Waals surface area contributed by atoms with Crippen LogP contribution in [0.4, 0.5) is 0 Å². The van der Waals surface area contributed by atoms with Crippen LogP contribution < -0.4 is 10.3 Å². The number of ether oxygens (including phenoxy) is 1. The lowest BCUT2D eigenvalue weighted by Crippen LogP contribution is -2.32. The van der Waals surface area contributed by atoms with Gasteiger partial charge in [0.05, 0.1) is 18.7 Å². The van der Waals surface area contributed by atoms with Crippen LogP contribution in [0.1, 0.15) is 53.0 Å². The molecule has 0 aliphatic rings. The topological polar surface area (TPSA) is 88.9 Å². The molecule has 40 heavy (non-hydrogen) atoms. The fourth-order valence-corrected chi connectivity index (χ4v) is 5.40. The van der Waals surface area contributed by atoms with Crippen LogP contribution in [0.5, 0.6) is 5.75 Å². The molecule has 2 aromatic heterocycles. The van der Waals surface area contributed by atoms with Gasteiger partial charge in [0.1, 0.15) is 5.75 Å². The average molecular weight is 537 g/mol. The molecule has 0 fully saturated rings. The number of hydrogen-bond donors (Lipinski definition) is 1. The fourth-order valence-electron chi connectivity index (χ4n) is 5.40. The van der Waals surface area contributed by atoms with Crippen LogP contribution in [0, 0.1) is 13.8 Å². The Morgan fingerprint density at radius 3 is 2.48 bits per heavy atom. The van der Waals surface area contributed by atoms with Gasteiger partial charge in [0.25, 0.3) is 5.56 Å². The molecular formula is C32H36N6O2. The van der Waals surface area contributed by atoms with E-state index < -0.39 is 0 Å². The average Bonchev–Trinajstić information content (AvgIpc) is 3.42. The van der Waals surface area contributed by atoms with Crippen LogP contribution in [0.25, 0.3) is 10.9 Å². The molecule has 5 rings (SSSR count). The van der Waals surface area contributed by atoms with Gasteiger partial charge in [0.15, 0.2) is 5.82 Å². The molecule has 3 aromatic carbocycles. The van der Waals surface area contributed by atoms with E-state index in [2.05, 4.69) is 75.7 Å². The molecule has 0 saturated heterocycles. The number of nitrogens with zero attached hydrogens (tertiary/aromatic N) is 5. The SMILES string of the molecule is CCC(c1nnnn1CCc1ccccc1)N(Cc1ccc(OC)cc1)Cc1cc2cc(C)cc(C)c2[nH]c1=O. The Morgan fingerprint density at radius 1 is 0.975 bits per heavy atom. The summed E-state index contributed by atoms with van der Waals surface area (Å²) in [6.45, 7) is 8.00. The van der Waals surface area contributed by atoms with E-state index in [0.29, 0.717) is 25.2 Å². The van der Waals surface area contributed by atoms with Gasteiger partial charge in [-0.15, -0.1) is 5.10 Å². The summed E-state index contributed by atoms with van der Waals surface area (Å²) in [6, 6.07) is 24.6. The number of aromatic nitrogens is 5. The molecule has 1 N–H and O–H groups in total. The van der Waals surface area contributed by atoms with Gasteiger partial charge in [0.2, 0.25) is 0 Å². The lowest BCUT2D eigenvalue weighted by molar-refractivity contribution is 0.160. The highest BCUT2D eigenvalue weighted by Gasteiger charge is 2.26. The highest BCUT2D eigenvalue weighted by atomic mass is 16.5. The third kappa shape index (κ3) is 6.13. The Kier molecular flexibility index (Phi) is 8.36. The van der Waals surface area contributed by atoms with Crippen molar-refractivity contribution in [1.82, 2.24) is 30.1 Å². The van der Waals surface area contributed by atoms with E-state index in [1.807, 2.05) is 48.0 Å². The zero-order chi connectivity index (χ0) is 28.1. The summed E-state index contributed by atoms with van der Waals surface area (Å²) in [5, 5.41) is 13.9. The fraction of sp³-hybridized carbons (Fsp3) is 0.312. The molecule has 5 aromatic rings. The summed E-state index contributed by atoms with van der Waals surface area (Å²) >= 11 is 0. The van der Waals surface area contributed by atoms with Crippen molar-refractivity contribution in [1.29, 1.82) is 0 Å². The van der Waals surface area contributed by atoms with Gasteiger partial charge in [-0.2, -0.15) is 0 Å². The van der Waals surface area contributed by atoms with Gasteiger partial charge < -0.3 is 9.72 Å². The maximum absolute atomic E-state index is 13.3. The minimum atomic E-state index is -0.0952. The molecule has 1 unspecified atom stereocenters. The van der Waals surface area contributed by atoms with E-state index in [1.54, 1.807) is 7.11 Å². The molecule has 2 heterocycles. The predicted octanol–water partition coefficient (Wildman–Crippen LogP) is 5.54. The number of aromatic amines is 1. The Hall–Kier alpha value is -4.30. The Balaban J connectivity index is 1.49. The number of fused-ring (bicyclic) bond motifs is 1. The van der Waals surface area contributed by atoms with Gasteiger partial charge in [-0.05, 0) is 83.5 Å². The molecule has 206 valence electrons. The van der Waals surface area contributed by atoms with Crippen LogP contribution in [0.2, 0.25) is 0 Å². The van der Waals surface area contributed by atoms with Crippen LogP contribution in [-0.4, -0.2) is 37.2 Å². The number of rotatable bonds is 11. The van der Waals surface area contributed by atoms with Gasteiger partial charge >= 0.3 is 0 Å². The second-order valence-electron chi connectivity index (χ2n) is 10.3. The van der Waals surface area contributed by atoms with Crippen molar-refractivity contribution in [3.63, 3.8) is 0 Å². The van der Waals surface area contributed by atoms with E-state index in [4.69, 9.17) is 4.74 Å². The summed E-state index contributed by atoms with van der Waals surface area (Å²) < 4.78 is 7.27. The smallest absolute Gasteiger partial charge is 0.252 e. The zero-order valence-corrected chi connectivity index (χ0v) is 23.6. The number of methoxy groups -OCH3 is 1.